The fraction of sp³-hybridized carbons (Fsp3) is 0.727. The van der Waals surface area contributed by atoms with Crippen LogP contribution in [0.1, 0.15) is 54.9 Å². The molecule has 4 nitrogen and oxygen atoms in total. The van der Waals surface area contributed by atoms with Gasteiger partial charge in [-0.3, -0.25) is 0 Å². The number of hydrogen-bond acceptors (Lipinski definition) is 3. The third-order valence-corrected chi connectivity index (χ3v) is 3.22. The molecule has 0 aliphatic heterocycles. The second-order valence-electron chi connectivity index (χ2n) is 4.37. The van der Waals surface area contributed by atoms with Crippen molar-refractivity contribution in [1.82, 2.24) is 9.97 Å². The zero-order valence-corrected chi connectivity index (χ0v) is 9.16. The summed E-state index contributed by atoms with van der Waals surface area (Å²) in [5.74, 6) is 1.21. The Morgan fingerprint density at radius 2 is 2.20 bits per heavy atom. The number of aliphatic hydroxyl groups excluding tert-OH is 1. The van der Waals surface area contributed by atoms with Crippen LogP contribution in [0.3, 0.4) is 0 Å². The molecule has 1 aliphatic carbocycles. The van der Waals surface area contributed by atoms with Gasteiger partial charge in [-0.15, -0.1) is 0 Å². The first-order valence-corrected chi connectivity index (χ1v) is 5.67. The molecule has 1 atom stereocenters. The number of nitrogens with one attached hydrogen (secondary N) is 1. The molecule has 0 aromatic carbocycles. The van der Waals surface area contributed by atoms with Crippen molar-refractivity contribution in [3.05, 3.63) is 17.2 Å². The number of imidazole rings is 1. The summed E-state index contributed by atoms with van der Waals surface area (Å²) in [5.41, 5.74) is 7.63. The summed E-state index contributed by atoms with van der Waals surface area (Å²) < 4.78 is 0. The molecular weight excluding hydrogens is 190 g/mol. The molecule has 0 spiro atoms. The molecule has 2 rings (SSSR count). The molecule has 1 aromatic rings. The lowest BCUT2D eigenvalue weighted by Gasteiger charge is -2.05. The number of aromatic nitrogens is 2. The van der Waals surface area contributed by atoms with Gasteiger partial charge in [0.2, 0.25) is 0 Å². The zero-order valence-electron chi connectivity index (χ0n) is 9.16. The number of aliphatic hydroxyl groups is 1. The topological polar surface area (TPSA) is 74.9 Å². The summed E-state index contributed by atoms with van der Waals surface area (Å²) in [5, 5.41) is 9.59. The summed E-state index contributed by atoms with van der Waals surface area (Å²) in [6.07, 6.45) is 4.39. The normalized spacial score (nSPS) is 19.7. The van der Waals surface area contributed by atoms with Crippen molar-refractivity contribution in [2.45, 2.75) is 44.6 Å². The summed E-state index contributed by atoms with van der Waals surface area (Å²) in [7, 11) is 0. The number of aromatic amines is 1. The Balaban J connectivity index is 2.20. The fourth-order valence-electron chi connectivity index (χ4n) is 2.36. The Labute approximate surface area is 89.9 Å². The molecule has 1 unspecified atom stereocenters. The predicted octanol–water partition coefficient (Wildman–Crippen LogP) is 1.37. The van der Waals surface area contributed by atoms with Crippen LogP contribution in [0.5, 0.6) is 0 Å². The highest BCUT2D eigenvalue weighted by Crippen LogP contribution is 2.34. The molecule has 1 fully saturated rings. The van der Waals surface area contributed by atoms with Gasteiger partial charge in [-0.1, -0.05) is 12.8 Å². The van der Waals surface area contributed by atoms with E-state index in [4.69, 9.17) is 5.73 Å². The maximum absolute atomic E-state index is 9.59. The lowest BCUT2D eigenvalue weighted by Crippen LogP contribution is -2.13. The van der Waals surface area contributed by atoms with Crippen molar-refractivity contribution in [3.8, 4) is 0 Å². The molecule has 4 heteroatoms. The summed E-state index contributed by atoms with van der Waals surface area (Å²) in [4.78, 5) is 7.61. The van der Waals surface area contributed by atoms with Gasteiger partial charge in [-0.2, -0.15) is 0 Å². The minimum Gasteiger partial charge on any atom is -0.384 e. The zero-order chi connectivity index (χ0) is 10.8. The van der Waals surface area contributed by atoms with E-state index in [1.54, 1.807) is 0 Å². The largest absolute Gasteiger partial charge is 0.384 e. The lowest BCUT2D eigenvalue weighted by molar-refractivity contribution is 0.177. The van der Waals surface area contributed by atoms with Crippen LogP contribution in [0.2, 0.25) is 0 Å². The predicted molar refractivity (Wildman–Crippen MR) is 58.5 cm³/mol. The van der Waals surface area contributed by atoms with E-state index >= 15 is 0 Å². The molecule has 1 aliphatic rings. The maximum Gasteiger partial charge on any atom is 0.136 e. The van der Waals surface area contributed by atoms with E-state index in [2.05, 4.69) is 9.97 Å². The molecule has 0 bridgehead atoms. The molecule has 0 amide bonds. The Morgan fingerprint density at radius 3 is 2.80 bits per heavy atom. The number of nitrogens with two attached hydrogens (primary N) is 1. The minimum absolute atomic E-state index is 0.219. The number of aryl methyl sites for hydroxylation is 1. The Bertz CT molecular complexity index is 329. The Morgan fingerprint density at radius 1 is 1.53 bits per heavy atom. The van der Waals surface area contributed by atoms with Crippen LogP contribution in [-0.2, 0) is 0 Å². The van der Waals surface area contributed by atoms with Gasteiger partial charge in [-0.05, 0) is 19.8 Å². The molecule has 84 valence electrons. The number of nitrogens with zero attached hydrogens (tertiary/aromatic N) is 1. The molecule has 1 heterocycles. The molecular formula is C11H19N3O. The van der Waals surface area contributed by atoms with Crippen molar-refractivity contribution in [1.29, 1.82) is 0 Å². The summed E-state index contributed by atoms with van der Waals surface area (Å²) >= 11 is 0. The quantitative estimate of drug-likeness (QED) is 0.703. The molecule has 4 N–H and O–H groups in total. The van der Waals surface area contributed by atoms with E-state index in [1.807, 2.05) is 6.92 Å². The lowest BCUT2D eigenvalue weighted by atomic mass is 10.0. The molecule has 15 heavy (non-hydrogen) atoms. The number of H-pyrrole nitrogens is 1. The standard InChI is InChI=1S/C11H19N3O/c1-7-10(8-4-2-3-5-8)14-11(13-7)9(15)6-12/h8-9,15H,2-6,12H2,1H3,(H,13,14). The van der Waals surface area contributed by atoms with Crippen molar-refractivity contribution in [3.63, 3.8) is 0 Å². The van der Waals surface area contributed by atoms with Gasteiger partial charge in [0.05, 0.1) is 5.69 Å². The van der Waals surface area contributed by atoms with E-state index < -0.39 is 6.10 Å². The number of rotatable bonds is 3. The van der Waals surface area contributed by atoms with Crippen molar-refractivity contribution in [2.75, 3.05) is 6.54 Å². The summed E-state index contributed by atoms with van der Waals surface area (Å²) in [6, 6.07) is 0. The molecule has 1 aromatic heterocycles. The molecule has 0 radical (unpaired) electrons. The first-order chi connectivity index (χ1) is 7.22. The van der Waals surface area contributed by atoms with Gasteiger partial charge in [0, 0.05) is 18.2 Å². The molecule has 0 saturated heterocycles. The minimum atomic E-state index is -0.654. The van der Waals surface area contributed by atoms with Crippen molar-refractivity contribution < 1.29 is 5.11 Å². The Hall–Kier alpha value is -0.870. The van der Waals surface area contributed by atoms with Crippen LogP contribution in [0.15, 0.2) is 0 Å². The average Bonchev–Trinajstić information content (AvgIpc) is 2.84. The van der Waals surface area contributed by atoms with Crippen LogP contribution in [0.4, 0.5) is 0 Å². The van der Waals surface area contributed by atoms with E-state index in [0.29, 0.717) is 11.7 Å². The highest BCUT2D eigenvalue weighted by Gasteiger charge is 2.23. The van der Waals surface area contributed by atoms with Gasteiger partial charge in [-0.25, -0.2) is 4.98 Å². The first kappa shape index (κ1) is 10.6. The third kappa shape index (κ3) is 2.06. The van der Waals surface area contributed by atoms with Gasteiger partial charge in [0.15, 0.2) is 0 Å². The Kier molecular flexibility index (Phi) is 3.07. The van der Waals surface area contributed by atoms with Crippen LogP contribution >= 0.6 is 0 Å². The van der Waals surface area contributed by atoms with Crippen LogP contribution in [0.25, 0.3) is 0 Å². The van der Waals surface area contributed by atoms with Crippen LogP contribution < -0.4 is 5.73 Å². The van der Waals surface area contributed by atoms with Crippen LogP contribution in [-0.4, -0.2) is 21.6 Å². The van der Waals surface area contributed by atoms with E-state index in [9.17, 15) is 5.11 Å². The first-order valence-electron chi connectivity index (χ1n) is 5.67. The van der Waals surface area contributed by atoms with Gasteiger partial charge in [0.1, 0.15) is 11.9 Å². The monoisotopic (exact) mass is 209 g/mol. The van der Waals surface area contributed by atoms with Crippen molar-refractivity contribution in [2.24, 2.45) is 5.73 Å². The second-order valence-corrected chi connectivity index (χ2v) is 4.37. The highest BCUT2D eigenvalue weighted by atomic mass is 16.3. The third-order valence-electron chi connectivity index (χ3n) is 3.22. The fourth-order valence-corrected chi connectivity index (χ4v) is 2.36. The van der Waals surface area contributed by atoms with Crippen LogP contribution in [0, 0.1) is 6.92 Å². The van der Waals surface area contributed by atoms with E-state index in [-0.39, 0.29) is 6.54 Å². The molecule has 1 saturated carbocycles. The highest BCUT2D eigenvalue weighted by molar-refractivity contribution is 5.19. The van der Waals surface area contributed by atoms with Gasteiger partial charge < -0.3 is 15.8 Å². The maximum atomic E-state index is 9.59. The van der Waals surface area contributed by atoms with Crippen molar-refractivity contribution >= 4 is 0 Å². The summed E-state index contributed by atoms with van der Waals surface area (Å²) in [6.45, 7) is 2.24. The SMILES string of the molecule is Cc1[nH]c(C(O)CN)nc1C1CCCC1. The van der Waals surface area contributed by atoms with Gasteiger partial charge >= 0.3 is 0 Å². The van der Waals surface area contributed by atoms with E-state index in [1.165, 1.54) is 25.7 Å². The van der Waals surface area contributed by atoms with E-state index in [0.717, 1.165) is 11.4 Å². The second kappa shape index (κ2) is 4.33. The van der Waals surface area contributed by atoms with Gasteiger partial charge in [0.25, 0.3) is 0 Å². The smallest absolute Gasteiger partial charge is 0.136 e. The average molecular weight is 209 g/mol. The number of hydrogen-bond donors (Lipinski definition) is 3.